The first-order valence-corrected chi connectivity index (χ1v) is 5.13. The molecule has 1 rings (SSSR count). The van der Waals surface area contributed by atoms with Gasteiger partial charge in [-0.05, 0) is 17.8 Å². The molecule has 0 radical (unpaired) electrons. The summed E-state index contributed by atoms with van der Waals surface area (Å²) in [6.07, 6.45) is 0.385. The molecule has 1 aliphatic carbocycles. The topological polar surface area (TPSA) is 63.6 Å². The SMILES string of the molecule is COC(=O)[C@@H]1C[C@@H](C(=O)O)[C@H](C)C1(C)C. The number of hydrogen-bond donors (Lipinski definition) is 1. The third-order valence-corrected chi connectivity index (χ3v) is 3.97. The Labute approximate surface area is 89.6 Å². The number of hydrogen-bond acceptors (Lipinski definition) is 3. The van der Waals surface area contributed by atoms with Gasteiger partial charge >= 0.3 is 11.9 Å². The van der Waals surface area contributed by atoms with Gasteiger partial charge in [0.2, 0.25) is 0 Å². The molecule has 4 nitrogen and oxygen atoms in total. The van der Waals surface area contributed by atoms with E-state index in [2.05, 4.69) is 0 Å². The third kappa shape index (κ3) is 1.85. The van der Waals surface area contributed by atoms with Gasteiger partial charge in [-0.15, -0.1) is 0 Å². The first-order chi connectivity index (χ1) is 6.82. The molecule has 1 fully saturated rings. The Bertz CT molecular complexity index is 282. The Morgan fingerprint density at radius 2 is 1.93 bits per heavy atom. The average Bonchev–Trinajstić information content (AvgIpc) is 2.38. The van der Waals surface area contributed by atoms with Crippen LogP contribution in [0.3, 0.4) is 0 Å². The molecule has 1 saturated carbocycles. The first-order valence-electron chi connectivity index (χ1n) is 5.13. The van der Waals surface area contributed by atoms with E-state index in [1.165, 1.54) is 7.11 Å². The molecule has 1 N–H and O–H groups in total. The molecule has 0 aromatic heterocycles. The number of methoxy groups -OCH3 is 1. The van der Waals surface area contributed by atoms with Crippen LogP contribution >= 0.6 is 0 Å². The standard InChI is InChI=1S/C11H18O4/c1-6-7(9(12)13)5-8(10(14)15-4)11(6,2)3/h6-8H,5H2,1-4H3,(H,12,13)/t6-,7+,8-/m0/s1. The molecule has 4 heteroatoms. The van der Waals surface area contributed by atoms with Crippen molar-refractivity contribution < 1.29 is 19.4 Å². The molecule has 0 heterocycles. The van der Waals surface area contributed by atoms with E-state index in [9.17, 15) is 9.59 Å². The van der Waals surface area contributed by atoms with Crippen LogP contribution in [0, 0.1) is 23.2 Å². The fraction of sp³-hybridized carbons (Fsp3) is 0.818. The molecular formula is C11H18O4. The predicted octanol–water partition coefficient (Wildman–Crippen LogP) is 1.54. The fourth-order valence-corrected chi connectivity index (χ4v) is 2.45. The number of rotatable bonds is 2. The summed E-state index contributed by atoms with van der Waals surface area (Å²) >= 11 is 0. The lowest BCUT2D eigenvalue weighted by atomic mass is 9.75. The van der Waals surface area contributed by atoms with Crippen LogP contribution < -0.4 is 0 Å². The van der Waals surface area contributed by atoms with E-state index in [0.29, 0.717) is 6.42 Å². The number of ether oxygens (including phenoxy) is 1. The molecule has 0 spiro atoms. The first kappa shape index (κ1) is 12.0. The lowest BCUT2D eigenvalue weighted by Gasteiger charge is -2.29. The van der Waals surface area contributed by atoms with E-state index in [0.717, 1.165) is 0 Å². The van der Waals surface area contributed by atoms with Crippen molar-refractivity contribution >= 4 is 11.9 Å². The zero-order valence-electron chi connectivity index (χ0n) is 9.61. The second kappa shape index (κ2) is 3.83. The minimum absolute atomic E-state index is 0.0147. The van der Waals surface area contributed by atoms with Crippen molar-refractivity contribution in [2.45, 2.75) is 27.2 Å². The minimum atomic E-state index is -0.818. The quantitative estimate of drug-likeness (QED) is 0.708. The van der Waals surface area contributed by atoms with E-state index >= 15 is 0 Å². The smallest absolute Gasteiger partial charge is 0.309 e. The van der Waals surface area contributed by atoms with Crippen molar-refractivity contribution in [3.8, 4) is 0 Å². The zero-order chi connectivity index (χ0) is 11.8. The van der Waals surface area contributed by atoms with Crippen LogP contribution in [0.4, 0.5) is 0 Å². The number of aliphatic carboxylic acids is 1. The maximum Gasteiger partial charge on any atom is 0.309 e. The second-order valence-electron chi connectivity index (χ2n) is 4.87. The third-order valence-electron chi connectivity index (χ3n) is 3.97. The summed E-state index contributed by atoms with van der Waals surface area (Å²) in [5.74, 6) is -1.88. The monoisotopic (exact) mass is 214 g/mol. The van der Waals surface area contributed by atoms with Crippen LogP contribution in [0.1, 0.15) is 27.2 Å². The normalized spacial score (nSPS) is 33.7. The number of carbonyl (C=O) groups is 2. The lowest BCUT2D eigenvalue weighted by Crippen LogP contribution is -2.31. The van der Waals surface area contributed by atoms with Gasteiger partial charge in [0.15, 0.2) is 0 Å². The Morgan fingerprint density at radius 3 is 2.27 bits per heavy atom. The van der Waals surface area contributed by atoms with Gasteiger partial charge in [0.05, 0.1) is 18.9 Å². The van der Waals surface area contributed by atoms with Gasteiger partial charge in [0.25, 0.3) is 0 Å². The van der Waals surface area contributed by atoms with Crippen LogP contribution in [-0.4, -0.2) is 24.2 Å². The maximum absolute atomic E-state index is 11.5. The molecule has 1 aliphatic rings. The molecule has 0 bridgehead atoms. The molecular weight excluding hydrogens is 196 g/mol. The Kier molecular flexibility index (Phi) is 3.07. The average molecular weight is 214 g/mol. The summed E-state index contributed by atoms with van der Waals surface area (Å²) in [6.45, 7) is 5.76. The molecule has 0 aromatic carbocycles. The van der Waals surface area contributed by atoms with Gasteiger partial charge < -0.3 is 9.84 Å². The number of carboxylic acids is 1. The van der Waals surface area contributed by atoms with Crippen LogP contribution in [0.15, 0.2) is 0 Å². The molecule has 86 valence electrons. The molecule has 0 amide bonds. The highest BCUT2D eigenvalue weighted by Crippen LogP contribution is 2.50. The Balaban J connectivity index is 2.94. The largest absolute Gasteiger partial charge is 0.481 e. The highest BCUT2D eigenvalue weighted by atomic mass is 16.5. The number of carboxylic acid groups (broad SMARTS) is 1. The molecule has 0 aliphatic heterocycles. The van der Waals surface area contributed by atoms with Gasteiger partial charge in [0.1, 0.15) is 0 Å². The highest BCUT2D eigenvalue weighted by Gasteiger charge is 2.52. The molecule has 0 saturated heterocycles. The van der Waals surface area contributed by atoms with Crippen molar-refractivity contribution in [1.82, 2.24) is 0 Å². The van der Waals surface area contributed by atoms with Crippen LogP contribution in [-0.2, 0) is 14.3 Å². The van der Waals surface area contributed by atoms with Gasteiger partial charge in [-0.2, -0.15) is 0 Å². The van der Waals surface area contributed by atoms with Crippen molar-refractivity contribution in [2.75, 3.05) is 7.11 Å². The Morgan fingerprint density at radius 1 is 1.40 bits per heavy atom. The van der Waals surface area contributed by atoms with E-state index in [1.807, 2.05) is 20.8 Å². The van der Waals surface area contributed by atoms with Gasteiger partial charge in [-0.1, -0.05) is 20.8 Å². The fourth-order valence-electron chi connectivity index (χ4n) is 2.45. The van der Waals surface area contributed by atoms with Crippen molar-refractivity contribution in [1.29, 1.82) is 0 Å². The number of carbonyl (C=O) groups excluding carboxylic acids is 1. The second-order valence-corrected chi connectivity index (χ2v) is 4.87. The Hall–Kier alpha value is -1.06. The molecule has 0 unspecified atom stereocenters. The van der Waals surface area contributed by atoms with E-state index in [4.69, 9.17) is 9.84 Å². The predicted molar refractivity (Wildman–Crippen MR) is 54.2 cm³/mol. The van der Waals surface area contributed by atoms with Crippen molar-refractivity contribution in [3.05, 3.63) is 0 Å². The van der Waals surface area contributed by atoms with Crippen LogP contribution in [0.25, 0.3) is 0 Å². The van der Waals surface area contributed by atoms with Crippen molar-refractivity contribution in [3.63, 3.8) is 0 Å². The zero-order valence-corrected chi connectivity index (χ0v) is 9.61. The summed E-state index contributed by atoms with van der Waals surface area (Å²) in [7, 11) is 1.34. The summed E-state index contributed by atoms with van der Waals surface area (Å²) < 4.78 is 4.71. The maximum atomic E-state index is 11.5. The summed E-state index contributed by atoms with van der Waals surface area (Å²) in [6, 6.07) is 0. The number of esters is 1. The van der Waals surface area contributed by atoms with E-state index in [1.54, 1.807) is 0 Å². The summed E-state index contributed by atoms with van der Waals surface area (Å²) in [5, 5.41) is 9.04. The van der Waals surface area contributed by atoms with Crippen molar-refractivity contribution in [2.24, 2.45) is 23.2 Å². The summed E-state index contributed by atoms with van der Waals surface area (Å²) in [5.41, 5.74) is -0.309. The lowest BCUT2D eigenvalue weighted by molar-refractivity contribution is -0.149. The highest BCUT2D eigenvalue weighted by molar-refractivity contribution is 5.77. The van der Waals surface area contributed by atoms with E-state index < -0.39 is 11.9 Å². The van der Waals surface area contributed by atoms with Gasteiger partial charge in [-0.25, -0.2) is 0 Å². The van der Waals surface area contributed by atoms with Gasteiger partial charge in [-0.3, -0.25) is 9.59 Å². The van der Waals surface area contributed by atoms with Crippen LogP contribution in [0.2, 0.25) is 0 Å². The van der Waals surface area contributed by atoms with E-state index in [-0.39, 0.29) is 23.2 Å². The van der Waals surface area contributed by atoms with Gasteiger partial charge in [0, 0.05) is 0 Å². The molecule has 15 heavy (non-hydrogen) atoms. The molecule has 0 aromatic rings. The van der Waals surface area contributed by atoms with Crippen LogP contribution in [0.5, 0.6) is 0 Å². The summed E-state index contributed by atoms with van der Waals surface area (Å²) in [4.78, 5) is 22.5. The molecule has 3 atom stereocenters. The minimum Gasteiger partial charge on any atom is -0.481 e.